The lowest BCUT2D eigenvalue weighted by atomic mass is 10.2. The van der Waals surface area contributed by atoms with Crippen molar-refractivity contribution in [1.29, 1.82) is 0 Å². The number of carbonyl (C=O) groups excluding carboxylic acids is 1. The third-order valence-corrected chi connectivity index (χ3v) is 6.17. The molecule has 1 aliphatic carbocycles. The predicted octanol–water partition coefficient (Wildman–Crippen LogP) is 2.26. The number of H-pyrrole nitrogens is 1. The zero-order valence-electron chi connectivity index (χ0n) is 19.9. The van der Waals surface area contributed by atoms with Crippen molar-refractivity contribution in [3.05, 3.63) is 40.1 Å². The molecule has 10 nitrogen and oxygen atoms in total. The van der Waals surface area contributed by atoms with E-state index in [0.29, 0.717) is 37.7 Å². The van der Waals surface area contributed by atoms with Gasteiger partial charge in [0.05, 0.1) is 37.4 Å². The number of rotatable bonds is 9. The summed E-state index contributed by atoms with van der Waals surface area (Å²) in [6.07, 6.45) is -1.20. The van der Waals surface area contributed by atoms with Crippen LogP contribution in [0.3, 0.4) is 0 Å². The van der Waals surface area contributed by atoms with Crippen LogP contribution in [0.15, 0.2) is 23.4 Å². The number of nitrogens with zero attached hydrogens (tertiary/aromatic N) is 5. The van der Waals surface area contributed by atoms with Gasteiger partial charge in [-0.3, -0.25) is 9.59 Å². The largest absolute Gasteiger partial charge is 0.423 e. The number of aromatic amines is 1. The van der Waals surface area contributed by atoms with Crippen LogP contribution in [0.2, 0.25) is 0 Å². The lowest BCUT2D eigenvalue weighted by molar-refractivity contribution is -0.138. The fourth-order valence-electron chi connectivity index (χ4n) is 4.08. The average Bonchev–Trinajstić information content (AvgIpc) is 3.49. The Morgan fingerprint density at radius 2 is 1.86 bits per heavy atom. The summed E-state index contributed by atoms with van der Waals surface area (Å²) in [6, 6.07) is -0.583. The van der Waals surface area contributed by atoms with Crippen LogP contribution in [-0.4, -0.2) is 82.3 Å². The highest BCUT2D eigenvalue weighted by Gasteiger charge is 2.57. The molecule has 15 heteroatoms. The van der Waals surface area contributed by atoms with E-state index in [1.54, 1.807) is 16.9 Å². The zero-order chi connectivity index (χ0) is 26.8. The molecule has 2 aromatic heterocycles. The number of hydrogen-bond donors (Lipinski definition) is 2. The molecular weight excluding hydrogens is 505 g/mol. The number of amides is 1. The zero-order valence-corrected chi connectivity index (χ0v) is 19.9. The van der Waals surface area contributed by atoms with Crippen LogP contribution in [0.25, 0.3) is 0 Å². The average molecular weight is 531 g/mol. The maximum Gasteiger partial charge on any atom is 0.423 e. The first kappa shape index (κ1) is 26.7. The van der Waals surface area contributed by atoms with Crippen LogP contribution < -0.4 is 15.8 Å². The molecule has 2 aromatic rings. The maximum absolute atomic E-state index is 13.2. The number of anilines is 2. The summed E-state index contributed by atoms with van der Waals surface area (Å²) in [5, 5.41) is 7.73. The van der Waals surface area contributed by atoms with E-state index >= 15 is 0 Å². The number of piperazine rings is 1. The highest BCUT2D eigenvalue weighted by Crippen LogP contribution is 2.55. The number of halogens is 5. The summed E-state index contributed by atoms with van der Waals surface area (Å²) in [5.74, 6) is -3.19. The molecule has 1 amide bonds. The van der Waals surface area contributed by atoms with E-state index in [9.17, 15) is 31.5 Å². The third-order valence-electron chi connectivity index (χ3n) is 6.17. The highest BCUT2D eigenvalue weighted by atomic mass is 19.4. The fourth-order valence-corrected chi connectivity index (χ4v) is 4.08. The monoisotopic (exact) mass is 531 g/mol. The third kappa shape index (κ3) is 6.50. The van der Waals surface area contributed by atoms with Gasteiger partial charge in [-0.15, -0.1) is 0 Å². The van der Waals surface area contributed by atoms with Gasteiger partial charge in [-0.25, -0.2) is 23.8 Å². The second-order valence-electron chi connectivity index (χ2n) is 9.06. The van der Waals surface area contributed by atoms with Crippen molar-refractivity contribution in [3.8, 4) is 0 Å². The molecule has 2 aliphatic rings. The van der Waals surface area contributed by atoms with Crippen molar-refractivity contribution in [1.82, 2.24) is 25.1 Å². The first-order valence-corrected chi connectivity index (χ1v) is 11.7. The standard InChI is InChI=1S/C22H26F5N7O3/c1-13(31-16-11-30-32-19(36)18(16)22(25,26)27)12-37-7-2-17(35)33-3-5-34(6-4-33)20-28-9-14(10-29-20)15-8-21(15,23)24/h9-11,13,15H,2-8,12H2,1H3,(H2,31,32,36)/t13?,15-/m0/s1. The highest BCUT2D eigenvalue weighted by molar-refractivity contribution is 5.76. The number of hydrogen-bond acceptors (Lipinski definition) is 8. The number of alkyl halides is 5. The number of nitrogens with one attached hydrogen (secondary N) is 2. The molecule has 2 fully saturated rings. The van der Waals surface area contributed by atoms with Crippen LogP contribution in [-0.2, 0) is 15.7 Å². The molecule has 0 bridgehead atoms. The van der Waals surface area contributed by atoms with Gasteiger partial charge in [0.15, 0.2) is 0 Å². The van der Waals surface area contributed by atoms with Gasteiger partial charge in [-0.2, -0.15) is 18.3 Å². The Labute approximate surface area is 208 Å². The summed E-state index contributed by atoms with van der Waals surface area (Å²) in [5.41, 5.74) is -2.75. The van der Waals surface area contributed by atoms with Crippen LogP contribution in [0.4, 0.5) is 33.6 Å². The number of aromatic nitrogens is 4. The molecule has 1 saturated heterocycles. The van der Waals surface area contributed by atoms with E-state index in [1.165, 1.54) is 12.4 Å². The lowest BCUT2D eigenvalue weighted by Gasteiger charge is -2.34. The topological polar surface area (TPSA) is 116 Å². The molecule has 1 unspecified atom stereocenters. The minimum Gasteiger partial charge on any atom is -0.379 e. The first-order valence-electron chi connectivity index (χ1n) is 11.7. The van der Waals surface area contributed by atoms with Crippen LogP contribution >= 0.6 is 0 Å². The maximum atomic E-state index is 13.2. The molecule has 202 valence electrons. The van der Waals surface area contributed by atoms with Gasteiger partial charge in [-0.05, 0) is 12.5 Å². The Bertz CT molecular complexity index is 1150. The molecule has 4 rings (SSSR count). The Balaban J connectivity index is 1.16. The van der Waals surface area contributed by atoms with Crippen molar-refractivity contribution < 1.29 is 31.5 Å². The molecule has 1 aliphatic heterocycles. The molecule has 0 spiro atoms. The molecule has 37 heavy (non-hydrogen) atoms. The Morgan fingerprint density at radius 1 is 1.22 bits per heavy atom. The van der Waals surface area contributed by atoms with Crippen LogP contribution in [0.5, 0.6) is 0 Å². The fraction of sp³-hybridized carbons (Fsp3) is 0.591. The second-order valence-corrected chi connectivity index (χ2v) is 9.06. The number of ether oxygens (including phenoxy) is 1. The van der Waals surface area contributed by atoms with Crippen LogP contribution in [0, 0.1) is 0 Å². The number of carbonyl (C=O) groups is 1. The second kappa shape index (κ2) is 10.6. The van der Waals surface area contributed by atoms with Crippen molar-refractivity contribution >= 4 is 17.5 Å². The Morgan fingerprint density at radius 3 is 2.46 bits per heavy atom. The molecule has 1 saturated carbocycles. The van der Waals surface area contributed by atoms with Gasteiger partial charge in [-0.1, -0.05) is 0 Å². The quantitative estimate of drug-likeness (QED) is 0.374. The van der Waals surface area contributed by atoms with Crippen LogP contribution in [0.1, 0.15) is 36.8 Å². The van der Waals surface area contributed by atoms with E-state index in [-0.39, 0.29) is 32.0 Å². The van der Waals surface area contributed by atoms with Gasteiger partial charge in [0.1, 0.15) is 5.56 Å². The molecule has 2 N–H and O–H groups in total. The van der Waals surface area contributed by atoms with E-state index in [0.717, 1.165) is 6.20 Å². The molecule has 3 heterocycles. The molecule has 0 radical (unpaired) electrons. The van der Waals surface area contributed by atoms with E-state index < -0.39 is 40.9 Å². The van der Waals surface area contributed by atoms with Gasteiger partial charge < -0.3 is 19.9 Å². The van der Waals surface area contributed by atoms with Gasteiger partial charge >= 0.3 is 6.18 Å². The molecular formula is C22H26F5N7O3. The Kier molecular flexibility index (Phi) is 7.62. The summed E-state index contributed by atoms with van der Waals surface area (Å²) in [6.45, 7) is 3.48. The van der Waals surface area contributed by atoms with Gasteiger partial charge in [0.25, 0.3) is 11.5 Å². The summed E-state index contributed by atoms with van der Waals surface area (Å²) < 4.78 is 71.2. The van der Waals surface area contributed by atoms with Crippen molar-refractivity contribution in [2.75, 3.05) is 49.6 Å². The Hall–Kier alpha value is -3.36. The van der Waals surface area contributed by atoms with E-state index in [2.05, 4.69) is 20.4 Å². The van der Waals surface area contributed by atoms with Crippen molar-refractivity contribution in [3.63, 3.8) is 0 Å². The van der Waals surface area contributed by atoms with E-state index in [1.807, 2.05) is 4.90 Å². The first-order chi connectivity index (χ1) is 17.5. The van der Waals surface area contributed by atoms with Gasteiger partial charge in [0, 0.05) is 51.0 Å². The lowest BCUT2D eigenvalue weighted by Crippen LogP contribution is -2.49. The smallest absolute Gasteiger partial charge is 0.379 e. The van der Waals surface area contributed by atoms with E-state index in [4.69, 9.17) is 4.74 Å². The normalized spacial score (nSPS) is 20.0. The van der Waals surface area contributed by atoms with Gasteiger partial charge in [0.2, 0.25) is 11.9 Å². The minimum atomic E-state index is -4.85. The minimum absolute atomic E-state index is 0.00524. The van der Waals surface area contributed by atoms with Crippen molar-refractivity contribution in [2.45, 2.75) is 43.8 Å². The molecule has 0 aromatic carbocycles. The summed E-state index contributed by atoms with van der Waals surface area (Å²) >= 11 is 0. The summed E-state index contributed by atoms with van der Waals surface area (Å²) in [4.78, 5) is 36.0. The molecule has 2 atom stereocenters. The predicted molar refractivity (Wildman–Crippen MR) is 122 cm³/mol. The summed E-state index contributed by atoms with van der Waals surface area (Å²) in [7, 11) is 0. The van der Waals surface area contributed by atoms with Crippen molar-refractivity contribution in [2.24, 2.45) is 0 Å². The SMILES string of the molecule is CC(COCCC(=O)N1CCN(c2ncc([C@@H]3CC3(F)F)cn2)CC1)Nc1cn[nH]c(=O)c1C(F)(F)F.